The van der Waals surface area contributed by atoms with Crippen molar-refractivity contribution in [2.75, 3.05) is 20.1 Å². The van der Waals surface area contributed by atoms with Crippen LogP contribution in [0.25, 0.3) is 22.4 Å². The lowest BCUT2D eigenvalue weighted by Gasteiger charge is -2.08. The van der Waals surface area contributed by atoms with E-state index >= 15 is 0 Å². The fraction of sp³-hybridized carbons (Fsp3) is 0.278. The third-order valence-electron chi connectivity index (χ3n) is 3.89. The van der Waals surface area contributed by atoms with Gasteiger partial charge in [0.2, 0.25) is 0 Å². The van der Waals surface area contributed by atoms with E-state index in [9.17, 15) is 9.18 Å². The molecule has 8 heteroatoms. The molecular formula is C18H20ClFN4O2. The van der Waals surface area contributed by atoms with Gasteiger partial charge >= 0.3 is 0 Å². The molecule has 0 radical (unpaired) electrons. The van der Waals surface area contributed by atoms with Crippen molar-refractivity contribution >= 4 is 29.4 Å². The first kappa shape index (κ1) is 19.8. The summed E-state index contributed by atoms with van der Waals surface area (Å²) >= 11 is 0. The summed E-state index contributed by atoms with van der Waals surface area (Å²) in [5, 5.41) is 10.4. The lowest BCUT2D eigenvalue weighted by atomic mass is 10.0. The quantitative estimate of drug-likeness (QED) is 0.644. The normalized spacial score (nSPS) is 10.6. The van der Waals surface area contributed by atoms with Crippen molar-refractivity contribution in [2.24, 2.45) is 0 Å². The number of halogens is 2. The Morgan fingerprint density at radius 1 is 1.23 bits per heavy atom. The average molecular weight is 379 g/mol. The lowest BCUT2D eigenvalue weighted by Crippen LogP contribution is -2.27. The first-order chi connectivity index (χ1) is 12.1. The van der Waals surface area contributed by atoms with Gasteiger partial charge in [-0.3, -0.25) is 4.79 Å². The summed E-state index contributed by atoms with van der Waals surface area (Å²) in [7, 11) is 1.86. The van der Waals surface area contributed by atoms with Crippen LogP contribution in [0.3, 0.4) is 0 Å². The zero-order chi connectivity index (χ0) is 17.8. The maximum Gasteiger partial charge on any atom is 0.259 e. The zero-order valence-electron chi connectivity index (χ0n) is 14.5. The number of pyridine rings is 1. The molecule has 0 unspecified atom stereocenters. The first-order valence-electron chi connectivity index (χ1n) is 8.06. The number of benzene rings is 1. The summed E-state index contributed by atoms with van der Waals surface area (Å²) in [6, 6.07) is 7.62. The summed E-state index contributed by atoms with van der Waals surface area (Å²) in [6.07, 6.45) is 0.823. The summed E-state index contributed by atoms with van der Waals surface area (Å²) in [5.41, 5.74) is 2.58. The third-order valence-corrected chi connectivity index (χ3v) is 3.89. The predicted molar refractivity (Wildman–Crippen MR) is 100 cm³/mol. The van der Waals surface area contributed by atoms with Crippen LogP contribution in [0.5, 0.6) is 0 Å². The van der Waals surface area contributed by atoms with Crippen LogP contribution in [-0.2, 0) is 0 Å². The van der Waals surface area contributed by atoms with E-state index in [-0.39, 0.29) is 24.1 Å². The predicted octanol–water partition coefficient (Wildman–Crippen LogP) is 3.10. The third kappa shape index (κ3) is 4.17. The van der Waals surface area contributed by atoms with Crippen LogP contribution in [0, 0.1) is 12.7 Å². The highest BCUT2D eigenvalue weighted by Crippen LogP contribution is 2.27. The van der Waals surface area contributed by atoms with Gasteiger partial charge in [0.25, 0.3) is 11.6 Å². The molecule has 2 aromatic heterocycles. The Kier molecular flexibility index (Phi) is 6.65. The summed E-state index contributed by atoms with van der Waals surface area (Å²) in [4.78, 5) is 17.0. The van der Waals surface area contributed by atoms with Crippen LogP contribution in [0.2, 0.25) is 0 Å². The van der Waals surface area contributed by atoms with Crippen molar-refractivity contribution in [3.63, 3.8) is 0 Å². The Labute approximate surface area is 156 Å². The van der Waals surface area contributed by atoms with Crippen molar-refractivity contribution < 1.29 is 13.7 Å². The van der Waals surface area contributed by atoms with E-state index in [1.54, 1.807) is 25.1 Å². The summed E-state index contributed by atoms with van der Waals surface area (Å²) < 4.78 is 18.4. The van der Waals surface area contributed by atoms with Crippen LogP contribution >= 0.6 is 12.4 Å². The Morgan fingerprint density at radius 3 is 2.65 bits per heavy atom. The highest BCUT2D eigenvalue weighted by atomic mass is 35.5. The Morgan fingerprint density at radius 2 is 1.96 bits per heavy atom. The van der Waals surface area contributed by atoms with Gasteiger partial charge in [0.1, 0.15) is 5.82 Å². The van der Waals surface area contributed by atoms with Gasteiger partial charge in [-0.2, -0.15) is 0 Å². The summed E-state index contributed by atoms with van der Waals surface area (Å²) in [6.45, 7) is 3.14. The van der Waals surface area contributed by atoms with Gasteiger partial charge in [-0.05, 0) is 57.3 Å². The molecule has 0 bridgehead atoms. The van der Waals surface area contributed by atoms with Crippen LogP contribution in [0.1, 0.15) is 22.5 Å². The molecule has 6 nitrogen and oxygen atoms in total. The van der Waals surface area contributed by atoms with Gasteiger partial charge in [0.15, 0.2) is 0 Å². The second-order valence-corrected chi connectivity index (χ2v) is 5.72. The van der Waals surface area contributed by atoms with E-state index in [4.69, 9.17) is 4.52 Å². The molecule has 3 rings (SSSR count). The molecule has 138 valence electrons. The maximum atomic E-state index is 13.2. The number of hydrogen-bond donors (Lipinski definition) is 2. The molecule has 1 amide bonds. The number of aryl methyl sites for hydroxylation is 1. The van der Waals surface area contributed by atoms with Crippen molar-refractivity contribution in [1.82, 2.24) is 20.8 Å². The number of aromatic nitrogens is 2. The molecule has 0 saturated carbocycles. The van der Waals surface area contributed by atoms with E-state index in [0.717, 1.165) is 13.0 Å². The molecule has 2 N–H and O–H groups in total. The van der Waals surface area contributed by atoms with Gasteiger partial charge < -0.3 is 15.2 Å². The Balaban J connectivity index is 0.00000243. The number of fused-ring (bicyclic) bond motifs is 1. The molecule has 0 aliphatic carbocycles. The molecule has 0 aliphatic heterocycles. The molecule has 0 aliphatic rings. The number of amides is 1. The van der Waals surface area contributed by atoms with Gasteiger partial charge in [0, 0.05) is 12.1 Å². The van der Waals surface area contributed by atoms with E-state index < -0.39 is 0 Å². The minimum Gasteiger partial charge on any atom is -0.352 e. The highest BCUT2D eigenvalue weighted by molar-refractivity contribution is 6.06. The second-order valence-electron chi connectivity index (χ2n) is 5.72. The largest absolute Gasteiger partial charge is 0.352 e. The molecule has 2 heterocycles. The molecule has 3 aromatic rings. The number of carbonyl (C=O) groups excluding carboxylic acids is 1. The van der Waals surface area contributed by atoms with E-state index in [1.165, 1.54) is 12.1 Å². The molecule has 1 aromatic carbocycles. The smallest absolute Gasteiger partial charge is 0.259 e. The molecule has 0 atom stereocenters. The Hall–Kier alpha value is -2.51. The number of rotatable bonds is 6. The van der Waals surface area contributed by atoms with E-state index in [1.807, 2.05) is 7.05 Å². The number of hydrogen-bond acceptors (Lipinski definition) is 5. The van der Waals surface area contributed by atoms with Crippen molar-refractivity contribution in [3.8, 4) is 11.3 Å². The van der Waals surface area contributed by atoms with E-state index in [0.29, 0.717) is 40.2 Å². The molecule has 0 saturated heterocycles. The van der Waals surface area contributed by atoms with Crippen molar-refractivity contribution in [2.45, 2.75) is 13.3 Å². The second kappa shape index (κ2) is 8.73. The average Bonchev–Trinajstić information content (AvgIpc) is 2.99. The number of nitrogens with one attached hydrogen (secondary N) is 2. The van der Waals surface area contributed by atoms with Crippen LogP contribution in [0.4, 0.5) is 4.39 Å². The SMILES string of the molecule is CNCCCNC(=O)c1cc(-c2ccc(F)cc2)nc2onc(C)c12.Cl. The monoisotopic (exact) mass is 378 g/mol. The molecular weight excluding hydrogens is 359 g/mol. The highest BCUT2D eigenvalue weighted by Gasteiger charge is 2.19. The molecule has 26 heavy (non-hydrogen) atoms. The number of nitrogens with zero attached hydrogens (tertiary/aromatic N) is 2. The topological polar surface area (TPSA) is 80.0 Å². The minimum absolute atomic E-state index is 0. The fourth-order valence-electron chi connectivity index (χ4n) is 2.60. The number of carbonyl (C=O) groups is 1. The van der Waals surface area contributed by atoms with Crippen LogP contribution in [-0.4, -0.2) is 36.2 Å². The molecule has 0 spiro atoms. The molecule has 0 fully saturated rings. The van der Waals surface area contributed by atoms with Gasteiger partial charge in [-0.15, -0.1) is 12.4 Å². The van der Waals surface area contributed by atoms with E-state index in [2.05, 4.69) is 20.8 Å². The van der Waals surface area contributed by atoms with Crippen molar-refractivity contribution in [1.29, 1.82) is 0 Å². The van der Waals surface area contributed by atoms with Gasteiger partial charge in [-0.1, -0.05) is 5.16 Å². The Bertz CT molecular complexity index is 896. The standard InChI is InChI=1S/C18H19FN4O2.ClH/c1-11-16-14(17(24)21-9-3-8-20-2)10-15(22-18(16)25-23-11)12-4-6-13(19)7-5-12;/h4-7,10,20H,3,8-9H2,1-2H3,(H,21,24);1H. The fourth-order valence-corrected chi connectivity index (χ4v) is 2.60. The zero-order valence-corrected chi connectivity index (χ0v) is 15.3. The maximum absolute atomic E-state index is 13.2. The van der Waals surface area contributed by atoms with Crippen LogP contribution in [0.15, 0.2) is 34.9 Å². The minimum atomic E-state index is -0.331. The van der Waals surface area contributed by atoms with Crippen LogP contribution < -0.4 is 10.6 Å². The first-order valence-corrected chi connectivity index (χ1v) is 8.06. The van der Waals surface area contributed by atoms with Gasteiger partial charge in [-0.25, -0.2) is 9.37 Å². The van der Waals surface area contributed by atoms with Crippen molar-refractivity contribution in [3.05, 3.63) is 47.4 Å². The van der Waals surface area contributed by atoms with Gasteiger partial charge in [0.05, 0.1) is 22.3 Å². The lowest BCUT2D eigenvalue weighted by molar-refractivity contribution is 0.0955. The summed E-state index contributed by atoms with van der Waals surface area (Å²) in [5.74, 6) is -0.541.